The van der Waals surface area contributed by atoms with E-state index in [0.717, 1.165) is 22.7 Å². The maximum absolute atomic E-state index is 16.0. The number of esters is 4. The van der Waals surface area contributed by atoms with E-state index < -0.39 is 57.8 Å². The second-order valence-corrected chi connectivity index (χ2v) is 21.0. The maximum atomic E-state index is 16.0. The Balaban J connectivity index is 1.13. The zero-order chi connectivity index (χ0) is 53.7. The van der Waals surface area contributed by atoms with Gasteiger partial charge >= 0.3 is 23.9 Å². The van der Waals surface area contributed by atoms with Crippen LogP contribution in [0.3, 0.4) is 0 Å². The second kappa shape index (κ2) is 19.9. The van der Waals surface area contributed by atoms with Crippen molar-refractivity contribution in [3.63, 3.8) is 0 Å². The smallest absolute Gasteiger partial charge is 0.333 e. The molecule has 4 aliphatic carbocycles. The fraction of sp³-hybridized carbons (Fsp3) is 0.0938. The number of fused-ring (bicyclic) bond motifs is 6. The van der Waals surface area contributed by atoms with Crippen LogP contribution >= 0.6 is 22.7 Å². The van der Waals surface area contributed by atoms with Crippen LogP contribution in [0.15, 0.2) is 193 Å². The topological polar surface area (TPSA) is 173 Å². The third-order valence-corrected chi connectivity index (χ3v) is 16.4. The van der Waals surface area contributed by atoms with E-state index in [9.17, 15) is 19.2 Å². The molecule has 4 aliphatic rings. The normalized spacial score (nSPS) is 15.0. The average Bonchev–Trinajstić information content (AvgIpc) is 3.88. The predicted octanol–water partition coefficient (Wildman–Crippen LogP) is 11.1. The molecule has 2 aromatic heterocycles. The Hall–Kier alpha value is -9.50. The minimum absolute atomic E-state index is 0.0637. The van der Waals surface area contributed by atoms with Gasteiger partial charge in [0.25, 0.3) is 0 Å². The fourth-order valence-electron chi connectivity index (χ4n) is 10.5. The van der Waals surface area contributed by atoms with Crippen LogP contribution < -0.4 is 0 Å². The Kier molecular flexibility index (Phi) is 12.6. The van der Waals surface area contributed by atoms with Gasteiger partial charge in [-0.15, -0.1) is 22.7 Å². The molecule has 0 saturated heterocycles. The van der Waals surface area contributed by atoms with Crippen LogP contribution in [0.1, 0.15) is 94.3 Å². The van der Waals surface area contributed by atoms with E-state index in [-0.39, 0.29) is 102 Å². The van der Waals surface area contributed by atoms with E-state index in [1.807, 2.05) is 0 Å². The lowest BCUT2D eigenvalue weighted by atomic mass is 9.76. The highest BCUT2D eigenvalue weighted by Gasteiger charge is 2.72. The van der Waals surface area contributed by atoms with Gasteiger partial charge in [-0.25, -0.2) is 0 Å². The van der Waals surface area contributed by atoms with Gasteiger partial charge in [0, 0.05) is 64.0 Å². The summed E-state index contributed by atoms with van der Waals surface area (Å²) >= 11 is 1.86. The van der Waals surface area contributed by atoms with Crippen molar-refractivity contribution in [2.75, 3.05) is 0 Å². The fourth-order valence-corrected chi connectivity index (χ4v) is 13.1. The molecule has 0 N–H and O–H groups in total. The van der Waals surface area contributed by atoms with Crippen LogP contribution in [-0.2, 0) is 75.4 Å². The Bertz CT molecular complexity index is 3510. The number of Topliss-reactive ketones (excluding diaryl/α,β-unsaturated/α-hetero) is 4. The van der Waals surface area contributed by atoms with E-state index in [4.69, 9.17) is 18.9 Å². The number of ketones is 4. The largest absolute Gasteiger partial charge is 0.459 e. The minimum Gasteiger partial charge on any atom is -0.459 e. The lowest BCUT2D eigenvalue weighted by Gasteiger charge is -2.29. The standard InChI is InChI=1S/C64H40O12S2/c65-53-43-25-13-14-26-44(43)54(66)47(53)29-41-31-49-57(77-41)52-51(63(49,59(69)73-33-37-17-5-1-6-18-37)60(70)74-34-38-19-7-2-8-20-38)58-50(32-42(78-58)30-48-55(67)45-27-15-16-28-46(45)56(48)68)64(52,61(71)75-35-39-21-9-3-10-22-39)62(72)76-36-40-23-11-4-12-24-40/h1-32H,33-36H2. The van der Waals surface area contributed by atoms with Crippen molar-refractivity contribution < 1.29 is 57.3 Å². The molecule has 0 saturated carbocycles. The molecule has 14 heteroatoms. The van der Waals surface area contributed by atoms with Gasteiger partial charge in [0.15, 0.2) is 23.1 Å². The van der Waals surface area contributed by atoms with Gasteiger partial charge in [-0.2, -0.15) is 0 Å². The highest BCUT2D eigenvalue weighted by Crippen LogP contribution is 2.68. The maximum Gasteiger partial charge on any atom is 0.333 e. The lowest BCUT2D eigenvalue weighted by Crippen LogP contribution is -2.45. The van der Waals surface area contributed by atoms with Gasteiger partial charge in [-0.05, 0) is 46.5 Å². The summed E-state index contributed by atoms with van der Waals surface area (Å²) in [5.74, 6) is -6.76. The lowest BCUT2D eigenvalue weighted by molar-refractivity contribution is -0.165. The first-order valence-electron chi connectivity index (χ1n) is 24.7. The molecule has 0 spiro atoms. The van der Waals surface area contributed by atoms with Crippen molar-refractivity contribution in [3.8, 4) is 0 Å². The van der Waals surface area contributed by atoms with Crippen molar-refractivity contribution in [2.45, 2.75) is 37.3 Å². The molecule has 380 valence electrons. The van der Waals surface area contributed by atoms with E-state index >= 15 is 19.2 Å². The first kappa shape index (κ1) is 49.4. The molecule has 0 aliphatic heterocycles. The molecule has 0 atom stereocenters. The molecule has 8 aromatic rings. The molecular formula is C64H40O12S2. The number of benzene rings is 6. The summed E-state index contributed by atoms with van der Waals surface area (Å²) in [4.78, 5) is 120. The molecule has 12 nitrogen and oxygen atoms in total. The Morgan fingerprint density at radius 1 is 0.359 bits per heavy atom. The van der Waals surface area contributed by atoms with E-state index in [2.05, 4.69) is 0 Å². The average molecular weight is 1070 g/mol. The summed E-state index contributed by atoms with van der Waals surface area (Å²) in [5, 5.41) is 0. The Morgan fingerprint density at radius 2 is 0.603 bits per heavy atom. The second-order valence-electron chi connectivity index (χ2n) is 18.8. The van der Waals surface area contributed by atoms with Gasteiger partial charge < -0.3 is 18.9 Å². The summed E-state index contributed by atoms with van der Waals surface area (Å²) in [6.45, 7) is -1.35. The summed E-state index contributed by atoms with van der Waals surface area (Å²) < 4.78 is 25.0. The van der Waals surface area contributed by atoms with Crippen LogP contribution in [0.4, 0.5) is 0 Å². The molecular weight excluding hydrogens is 1020 g/mol. The first-order valence-corrected chi connectivity index (χ1v) is 26.3. The monoisotopic (exact) mass is 1060 g/mol. The third-order valence-electron chi connectivity index (χ3n) is 14.2. The van der Waals surface area contributed by atoms with Crippen molar-refractivity contribution in [2.24, 2.45) is 0 Å². The molecule has 0 radical (unpaired) electrons. The van der Waals surface area contributed by atoms with E-state index in [1.165, 1.54) is 24.3 Å². The predicted molar refractivity (Wildman–Crippen MR) is 290 cm³/mol. The van der Waals surface area contributed by atoms with Crippen molar-refractivity contribution in [3.05, 3.63) is 268 Å². The van der Waals surface area contributed by atoms with E-state index in [1.54, 1.807) is 170 Å². The summed E-state index contributed by atoms with van der Waals surface area (Å²) in [7, 11) is 0. The van der Waals surface area contributed by atoms with Crippen LogP contribution in [0.2, 0.25) is 0 Å². The molecule has 78 heavy (non-hydrogen) atoms. The number of rotatable bonds is 14. The molecule has 12 rings (SSSR count). The SMILES string of the molecule is O=C1C(=Cc2cc3c(s2)C2=C(c4sc(C=C5C(=O)c6ccccc6C5=O)cc4C2(C(=O)OCc2ccccc2)C(=O)OCc2ccccc2)C3(C(=O)OCc2ccccc2)C(=O)OCc2ccccc2)C(=O)c2ccccc21. The number of hydrogen-bond acceptors (Lipinski definition) is 14. The Labute approximate surface area is 453 Å². The zero-order valence-electron chi connectivity index (χ0n) is 41.0. The van der Waals surface area contributed by atoms with Crippen LogP contribution in [-0.4, -0.2) is 47.0 Å². The van der Waals surface area contributed by atoms with Gasteiger partial charge in [0.05, 0.1) is 11.1 Å². The number of carbonyl (C=O) groups excluding carboxylic acids is 8. The van der Waals surface area contributed by atoms with Crippen molar-refractivity contribution in [1.29, 1.82) is 0 Å². The number of allylic oxidation sites excluding steroid dienone is 2. The van der Waals surface area contributed by atoms with Gasteiger partial charge in [0.1, 0.15) is 26.4 Å². The number of ether oxygens (including phenoxy) is 4. The number of carbonyl (C=O) groups is 8. The number of hydrogen-bond donors (Lipinski definition) is 0. The van der Waals surface area contributed by atoms with E-state index in [0.29, 0.717) is 22.3 Å². The van der Waals surface area contributed by atoms with Gasteiger partial charge in [-0.3, -0.25) is 38.4 Å². The highest BCUT2D eigenvalue weighted by atomic mass is 32.1. The molecule has 0 amide bonds. The van der Waals surface area contributed by atoms with Gasteiger partial charge in [-0.1, -0.05) is 170 Å². The summed E-state index contributed by atoms with van der Waals surface area (Å²) in [6.07, 6.45) is 2.74. The molecule has 0 fully saturated rings. The summed E-state index contributed by atoms with van der Waals surface area (Å²) in [6, 6.07) is 50.8. The van der Waals surface area contributed by atoms with Crippen LogP contribution in [0, 0.1) is 0 Å². The highest BCUT2D eigenvalue weighted by molar-refractivity contribution is 7.16. The third kappa shape index (κ3) is 8.03. The molecule has 0 bridgehead atoms. The first-order chi connectivity index (χ1) is 38.0. The summed E-state index contributed by atoms with van der Waals surface area (Å²) in [5.41, 5.74) is -3.09. The quantitative estimate of drug-likeness (QED) is 0.0332. The molecule has 2 heterocycles. The minimum atomic E-state index is -2.66. The van der Waals surface area contributed by atoms with Crippen LogP contribution in [0.25, 0.3) is 23.3 Å². The molecule has 0 unspecified atom stereocenters. The Morgan fingerprint density at radius 3 is 0.859 bits per heavy atom. The van der Waals surface area contributed by atoms with Crippen molar-refractivity contribution >= 4 is 93.0 Å². The van der Waals surface area contributed by atoms with Gasteiger partial charge in [0.2, 0.25) is 10.8 Å². The van der Waals surface area contributed by atoms with Crippen molar-refractivity contribution in [1.82, 2.24) is 0 Å². The molecule has 6 aromatic carbocycles. The number of thiophene rings is 2. The van der Waals surface area contributed by atoms with Crippen LogP contribution in [0.5, 0.6) is 0 Å². The zero-order valence-corrected chi connectivity index (χ0v) is 42.7.